The second kappa shape index (κ2) is 25.4. The predicted octanol–water partition coefficient (Wildman–Crippen LogP) is 7.39. The highest BCUT2D eigenvalue weighted by Crippen LogP contribution is 2.58. The summed E-state index contributed by atoms with van der Waals surface area (Å²) < 4.78 is 50.3. The Morgan fingerprint density at radius 1 is 0.733 bits per heavy atom. The van der Waals surface area contributed by atoms with Crippen molar-refractivity contribution < 1.29 is 61.9 Å². The molecule has 0 bridgehead atoms. The first kappa shape index (κ1) is 70.9. The molecular weight excluding hydrogens is 1260 g/mol. The first-order chi connectivity index (χ1) is 41.4. The topological polar surface area (TPSA) is 313 Å². The Kier molecular flexibility index (Phi) is 20.0. The van der Waals surface area contributed by atoms with Crippen LogP contribution in [0.2, 0.25) is 59.4 Å². The van der Waals surface area contributed by atoms with E-state index in [4.69, 9.17) is 32.0 Å². The van der Waals surface area contributed by atoms with Gasteiger partial charge in [-0.25, -0.2) is 14.3 Å². The SMILES string of the molecule is CC(C)(C)[Si](C)(C)O[C@@H]1[C@@H](C(O)[S+]=P(O)(O)O[C@@]2(O)[C@@H](CO[Si](c3ccccc3)(c3ccccc3)C(C)(C)C)O[C@@H](n3cnc4c(=O)[nH]c(NC(=O)COc5ccccc5)nc43)[C@@H]2O[Si](C)(C)C(C)(C)C)O[C@@H](n2ccc(=O)[nH]c2=O)[C@@]1(O)[Si](C)(C)C(C)(C)C. The summed E-state index contributed by atoms with van der Waals surface area (Å²) in [6, 6.07) is 29.1. The zero-order valence-electron chi connectivity index (χ0n) is 54.7. The summed E-state index contributed by atoms with van der Waals surface area (Å²) >= 11 is 0. The van der Waals surface area contributed by atoms with Crippen LogP contribution >= 0.6 is 6.72 Å². The number of amides is 1. The van der Waals surface area contributed by atoms with Crippen LogP contribution in [0.25, 0.3) is 11.2 Å². The largest absolute Gasteiger partial charge is 0.523 e. The van der Waals surface area contributed by atoms with Crippen LogP contribution in [0.1, 0.15) is 95.5 Å². The number of hydrogen-bond donors (Lipinski definition) is 8. The number of H-pyrrole nitrogens is 2. The van der Waals surface area contributed by atoms with Crippen molar-refractivity contribution in [1.82, 2.24) is 29.1 Å². The molecule has 2 aliphatic rings. The fourth-order valence-electron chi connectivity index (χ4n) is 11.0. The highest BCUT2D eigenvalue weighted by molar-refractivity contribution is 8.17. The third kappa shape index (κ3) is 13.7. The number of hydrogen-bond acceptors (Lipinski definition) is 16. The number of nitrogens with zero attached hydrogens (tertiary/aromatic N) is 4. The number of benzene rings is 3. The van der Waals surface area contributed by atoms with Crippen molar-refractivity contribution in [3.05, 3.63) is 141 Å². The molecule has 9 atom stereocenters. The Bertz CT molecular complexity index is 3730. The van der Waals surface area contributed by atoms with Crippen LogP contribution in [0.4, 0.5) is 5.95 Å². The fraction of sp³-hybridized carbons (Fsp3) is 0.541. The van der Waals surface area contributed by atoms with Gasteiger partial charge in [0.15, 0.2) is 53.0 Å². The van der Waals surface area contributed by atoms with Crippen LogP contribution in [0.3, 0.4) is 0 Å². The maximum atomic E-state index is 14.1. The van der Waals surface area contributed by atoms with Gasteiger partial charge in [0.05, 0.1) is 21.0 Å². The number of imidazole rings is 1. The minimum atomic E-state index is -5.34. The molecule has 8 N–H and O–H groups in total. The van der Waals surface area contributed by atoms with E-state index in [0.29, 0.717) is 5.75 Å². The Balaban J connectivity index is 1.32. The van der Waals surface area contributed by atoms with E-state index in [1.165, 1.54) is 17.1 Å². The molecule has 5 heterocycles. The van der Waals surface area contributed by atoms with Crippen molar-refractivity contribution in [3.63, 3.8) is 0 Å². The number of anilines is 1. The van der Waals surface area contributed by atoms with Gasteiger partial charge < -0.3 is 42.8 Å². The van der Waals surface area contributed by atoms with Crippen molar-refractivity contribution in [2.45, 2.75) is 196 Å². The summed E-state index contributed by atoms with van der Waals surface area (Å²) in [5.41, 5.74) is -4.78. The van der Waals surface area contributed by atoms with Crippen LogP contribution in [0.5, 0.6) is 5.75 Å². The molecule has 23 nitrogen and oxygen atoms in total. The molecule has 2 saturated heterocycles. The lowest BCUT2D eigenvalue weighted by molar-refractivity contribution is -0.216. The first-order valence-corrected chi connectivity index (χ1v) is 43.8. The summed E-state index contributed by atoms with van der Waals surface area (Å²) in [7, 11) is -13.1. The minimum absolute atomic E-state index is 0.113. The third-order valence-corrected chi connectivity index (χ3v) is 42.2. The molecule has 90 heavy (non-hydrogen) atoms. The second-order valence-corrected chi connectivity index (χ2v) is 52.3. The summed E-state index contributed by atoms with van der Waals surface area (Å²) in [6.45, 7) is 29.1. The van der Waals surface area contributed by atoms with E-state index >= 15 is 0 Å². The van der Waals surface area contributed by atoms with Crippen LogP contribution in [-0.2, 0) is 43.0 Å². The molecule has 6 aromatic rings. The maximum Gasteiger partial charge on any atom is 0.523 e. The van der Waals surface area contributed by atoms with Gasteiger partial charge in [0.1, 0.15) is 29.3 Å². The summed E-state index contributed by atoms with van der Waals surface area (Å²) in [5, 5.41) is 40.6. The summed E-state index contributed by atoms with van der Waals surface area (Å²) in [5.74, 6) is -3.49. The van der Waals surface area contributed by atoms with Gasteiger partial charge in [0.2, 0.25) is 11.7 Å². The molecule has 3 aromatic heterocycles. The molecule has 2 aliphatic heterocycles. The number of ether oxygens (including phenoxy) is 3. The van der Waals surface area contributed by atoms with Crippen molar-refractivity contribution in [2.24, 2.45) is 0 Å². The summed E-state index contributed by atoms with van der Waals surface area (Å²) in [6.07, 6.45) is -7.35. The molecule has 29 heteroatoms. The lowest BCUT2D eigenvalue weighted by Crippen LogP contribution is -2.70. The van der Waals surface area contributed by atoms with Gasteiger partial charge in [0.25, 0.3) is 36.3 Å². The number of aliphatic hydroxyl groups excluding tert-OH is 1. The van der Waals surface area contributed by atoms with E-state index in [1.807, 2.05) is 162 Å². The smallest absolute Gasteiger partial charge is 0.484 e. The molecule has 1 unspecified atom stereocenters. The highest BCUT2D eigenvalue weighted by atomic mass is 32.5. The summed E-state index contributed by atoms with van der Waals surface area (Å²) in [4.78, 5) is 93.4. The molecule has 492 valence electrons. The molecular formula is C61H91N7O16PSSi4+. The van der Waals surface area contributed by atoms with Gasteiger partial charge >= 0.3 is 17.8 Å². The highest BCUT2D eigenvalue weighted by Gasteiger charge is 2.72. The lowest BCUT2D eigenvalue weighted by Gasteiger charge is -2.53. The standard InChI is InChI=1S/C61H90N7O16PSSi4/c1-56(2,3)87(13,14)61(75)47(82-88(15,16)57(4,5)6)46(81-53(61)67-35-34-43(69)64-55(67)73)52(72)86-85(76,77)84-60(74)42(36-79-90(59(10,11)12,40-30-24-20-25-31-40)41-32-26-21-27-33-41)80-51(48(60)83-89(17,18)58(7,8)9)68-38-62-45-49(68)65-54(66-50(45)71)63-44(70)37-78-39-28-22-19-23-29-39/h19-35,38,42,46-48,51-53,72,74-75H,36-37H2,1-18H3,(H4-,63,64,65,66,69,70,71,73,76,77)/p+1/t42-,46+,47-,48+,51-,52?,53-,60+,61+/m1/s1. The Hall–Kier alpha value is -4.96. The van der Waals surface area contributed by atoms with E-state index in [0.717, 1.165) is 21.0 Å². The molecule has 0 aliphatic carbocycles. The number of para-hydroxylation sites is 1. The average molecular weight is 1350 g/mol. The van der Waals surface area contributed by atoms with Gasteiger partial charge in [-0.15, -0.1) is 0 Å². The van der Waals surface area contributed by atoms with Crippen LogP contribution < -0.4 is 37.2 Å². The first-order valence-electron chi connectivity index (χ1n) is 30.0. The number of aromatic amines is 2. The van der Waals surface area contributed by atoms with E-state index in [1.54, 1.807) is 30.3 Å². The fourth-order valence-corrected chi connectivity index (χ4v) is 24.1. The molecule has 8 rings (SSSR count). The molecule has 0 saturated carbocycles. The Morgan fingerprint density at radius 2 is 1.27 bits per heavy atom. The zero-order valence-corrected chi connectivity index (χ0v) is 60.4. The third-order valence-electron chi connectivity index (χ3n) is 19.0. The number of carbonyl (C=O) groups is 1. The Labute approximate surface area is 533 Å². The maximum absolute atomic E-state index is 14.1. The van der Waals surface area contributed by atoms with Gasteiger partial charge in [-0.2, -0.15) is 4.98 Å². The van der Waals surface area contributed by atoms with Crippen molar-refractivity contribution >= 4 is 84.1 Å². The molecule has 3 aromatic carbocycles. The molecule has 0 spiro atoms. The minimum Gasteiger partial charge on any atom is -0.484 e. The number of carbonyl (C=O) groups excluding carboxylic acids is 1. The van der Waals surface area contributed by atoms with E-state index in [-0.39, 0.29) is 28.1 Å². The van der Waals surface area contributed by atoms with Gasteiger partial charge in [-0.05, 0) is 68.8 Å². The average Bonchev–Trinajstić information content (AvgIpc) is 1.50. The van der Waals surface area contributed by atoms with Crippen LogP contribution in [0, 0.1) is 0 Å². The predicted molar refractivity (Wildman–Crippen MR) is 358 cm³/mol. The van der Waals surface area contributed by atoms with Gasteiger partial charge in [-0.1, -0.05) is 175 Å². The van der Waals surface area contributed by atoms with E-state index in [9.17, 15) is 44.3 Å². The number of fused-ring (bicyclic) bond motifs is 1. The second-order valence-electron chi connectivity index (χ2n) is 29.0. The molecule has 1 amide bonds. The monoisotopic (exact) mass is 1350 g/mol. The normalized spacial score (nSPS) is 23.7. The number of aromatic nitrogens is 6. The van der Waals surface area contributed by atoms with Crippen LogP contribution in [-0.4, -0.2) is 147 Å². The lowest BCUT2D eigenvalue weighted by atomic mass is 10.1. The van der Waals surface area contributed by atoms with Gasteiger partial charge in [0, 0.05) is 12.3 Å². The number of nitrogens with one attached hydrogen (secondary N) is 3. The van der Waals surface area contributed by atoms with Crippen molar-refractivity contribution in [1.29, 1.82) is 0 Å². The Morgan fingerprint density at radius 3 is 1.78 bits per heavy atom. The number of rotatable bonds is 20. The van der Waals surface area contributed by atoms with Crippen LogP contribution in [0.15, 0.2) is 124 Å². The number of aliphatic hydroxyl groups is 3. The molecule has 2 fully saturated rings. The van der Waals surface area contributed by atoms with Gasteiger partial charge in [-0.3, -0.25) is 48.6 Å². The van der Waals surface area contributed by atoms with Crippen molar-refractivity contribution in [3.8, 4) is 5.75 Å². The molecule has 0 radical (unpaired) electrons. The zero-order chi connectivity index (χ0) is 66.8. The van der Waals surface area contributed by atoms with Crippen molar-refractivity contribution in [2.75, 3.05) is 18.5 Å². The van der Waals surface area contributed by atoms with E-state index < -0.39 is 149 Å². The quantitative estimate of drug-likeness (QED) is 0.0160. The van der Waals surface area contributed by atoms with E-state index in [2.05, 4.69) is 46.0 Å².